The lowest BCUT2D eigenvalue weighted by Crippen LogP contribution is -2.09. The molecule has 16 heavy (non-hydrogen) atoms. The summed E-state index contributed by atoms with van der Waals surface area (Å²) in [5.41, 5.74) is 0. The largest absolute Gasteiger partial charge is 0.476 e. The summed E-state index contributed by atoms with van der Waals surface area (Å²) in [6.45, 7) is 5.75. The van der Waals surface area contributed by atoms with E-state index in [9.17, 15) is 0 Å². The zero-order valence-electron chi connectivity index (χ0n) is 10.1. The van der Waals surface area contributed by atoms with E-state index in [1.54, 1.807) is 0 Å². The van der Waals surface area contributed by atoms with Crippen LogP contribution in [0.15, 0.2) is 9.98 Å². The van der Waals surface area contributed by atoms with Crippen LogP contribution in [0.3, 0.4) is 0 Å². The molecule has 2 rings (SSSR count). The molecule has 4 nitrogen and oxygen atoms in total. The van der Waals surface area contributed by atoms with Crippen molar-refractivity contribution >= 4 is 11.8 Å². The molecular formula is C12H20N2O2. The maximum atomic E-state index is 5.54. The molecule has 0 amide bonds. The van der Waals surface area contributed by atoms with Crippen molar-refractivity contribution in [3.05, 3.63) is 0 Å². The maximum Gasteiger partial charge on any atom is 0.183 e. The maximum absolute atomic E-state index is 5.54. The van der Waals surface area contributed by atoms with Gasteiger partial charge in [-0.3, -0.25) is 9.98 Å². The lowest BCUT2D eigenvalue weighted by molar-refractivity contribution is 0.235. The molecule has 0 fully saturated rings. The Kier molecular flexibility index (Phi) is 3.80. The number of rotatable bonds is 5. The first kappa shape index (κ1) is 11.4. The van der Waals surface area contributed by atoms with E-state index in [4.69, 9.17) is 9.47 Å². The zero-order chi connectivity index (χ0) is 11.4. The third kappa shape index (κ3) is 3.22. The van der Waals surface area contributed by atoms with Gasteiger partial charge >= 0.3 is 0 Å². The van der Waals surface area contributed by atoms with Gasteiger partial charge in [-0.2, -0.15) is 0 Å². The van der Waals surface area contributed by atoms with Crippen LogP contribution >= 0.6 is 0 Å². The second-order valence-corrected chi connectivity index (χ2v) is 4.53. The van der Waals surface area contributed by atoms with Crippen LogP contribution in [-0.2, 0) is 9.47 Å². The summed E-state index contributed by atoms with van der Waals surface area (Å²) in [6, 6.07) is 0. The van der Waals surface area contributed by atoms with Gasteiger partial charge in [0.25, 0.3) is 0 Å². The van der Waals surface area contributed by atoms with Gasteiger partial charge in [-0.25, -0.2) is 0 Å². The fourth-order valence-electron chi connectivity index (χ4n) is 1.90. The molecule has 4 heteroatoms. The Labute approximate surface area is 96.8 Å². The molecule has 0 aromatic carbocycles. The number of hydrogen-bond acceptors (Lipinski definition) is 4. The van der Waals surface area contributed by atoms with Crippen LogP contribution in [-0.4, -0.2) is 37.1 Å². The molecule has 0 aromatic heterocycles. The highest BCUT2D eigenvalue weighted by molar-refractivity contribution is 5.78. The molecule has 0 radical (unpaired) electrons. The second-order valence-electron chi connectivity index (χ2n) is 4.53. The van der Waals surface area contributed by atoms with Gasteiger partial charge in [0.05, 0.1) is 13.1 Å². The summed E-state index contributed by atoms with van der Waals surface area (Å²) in [5.74, 6) is 1.85. The van der Waals surface area contributed by atoms with Crippen molar-refractivity contribution in [1.29, 1.82) is 0 Å². The van der Waals surface area contributed by atoms with Gasteiger partial charge < -0.3 is 9.47 Å². The lowest BCUT2D eigenvalue weighted by Gasteiger charge is -2.06. The number of ether oxygens (including phenoxy) is 2. The molecular weight excluding hydrogens is 204 g/mol. The smallest absolute Gasteiger partial charge is 0.183 e. The molecule has 0 N–H and O–H groups in total. The molecule has 0 bridgehead atoms. The summed E-state index contributed by atoms with van der Waals surface area (Å²) in [4.78, 5) is 8.66. The van der Waals surface area contributed by atoms with Crippen molar-refractivity contribution in [3.63, 3.8) is 0 Å². The number of aliphatic imine (C=N–C) groups is 2. The molecule has 0 spiro atoms. The first-order chi connectivity index (χ1) is 7.74. The lowest BCUT2D eigenvalue weighted by atomic mass is 10.2. The summed E-state index contributed by atoms with van der Waals surface area (Å²) < 4.78 is 11.1. The molecule has 2 heterocycles. The van der Waals surface area contributed by atoms with Gasteiger partial charge in [-0.15, -0.1) is 0 Å². The Hall–Kier alpha value is -1.06. The van der Waals surface area contributed by atoms with Crippen molar-refractivity contribution in [1.82, 2.24) is 0 Å². The Morgan fingerprint density at radius 3 is 1.69 bits per heavy atom. The van der Waals surface area contributed by atoms with E-state index in [1.165, 1.54) is 0 Å². The molecule has 2 unspecified atom stereocenters. The molecule has 0 saturated heterocycles. The first-order valence-electron chi connectivity index (χ1n) is 6.14. The highest BCUT2D eigenvalue weighted by Gasteiger charge is 2.16. The van der Waals surface area contributed by atoms with Gasteiger partial charge in [0.1, 0.15) is 12.2 Å². The molecule has 90 valence electrons. The standard InChI is InChI=1S/C12H20N2O2/c1-9-7-13-11(15-9)5-3-4-6-12-14-8-10(2)16-12/h9-10H,3-8H2,1-2H3. The number of nitrogens with zero attached hydrogens (tertiary/aromatic N) is 2. The van der Waals surface area contributed by atoms with Crippen LogP contribution in [0.5, 0.6) is 0 Å². The normalized spacial score (nSPS) is 28.4. The summed E-state index contributed by atoms with van der Waals surface area (Å²) >= 11 is 0. The Balaban J connectivity index is 1.56. The minimum Gasteiger partial charge on any atom is -0.476 e. The van der Waals surface area contributed by atoms with Crippen LogP contribution in [0.2, 0.25) is 0 Å². The van der Waals surface area contributed by atoms with E-state index in [1.807, 2.05) is 0 Å². The van der Waals surface area contributed by atoms with Crippen LogP contribution in [0, 0.1) is 0 Å². The van der Waals surface area contributed by atoms with Crippen molar-refractivity contribution in [2.45, 2.75) is 51.7 Å². The van der Waals surface area contributed by atoms with E-state index in [0.29, 0.717) is 0 Å². The van der Waals surface area contributed by atoms with Gasteiger partial charge in [-0.05, 0) is 26.7 Å². The predicted molar refractivity (Wildman–Crippen MR) is 64.2 cm³/mol. The van der Waals surface area contributed by atoms with E-state index < -0.39 is 0 Å². The van der Waals surface area contributed by atoms with Crippen molar-refractivity contribution < 1.29 is 9.47 Å². The average Bonchev–Trinajstić information content (AvgIpc) is 2.83. The highest BCUT2D eigenvalue weighted by atomic mass is 16.5. The van der Waals surface area contributed by atoms with E-state index in [0.717, 1.165) is 50.6 Å². The molecule has 2 atom stereocenters. The Morgan fingerprint density at radius 1 is 0.938 bits per heavy atom. The van der Waals surface area contributed by atoms with Crippen molar-refractivity contribution in [2.75, 3.05) is 13.1 Å². The highest BCUT2D eigenvalue weighted by Crippen LogP contribution is 2.13. The zero-order valence-corrected chi connectivity index (χ0v) is 10.1. The van der Waals surface area contributed by atoms with Gasteiger partial charge in [0, 0.05) is 12.8 Å². The van der Waals surface area contributed by atoms with Crippen LogP contribution in [0.4, 0.5) is 0 Å². The third-order valence-electron chi connectivity index (χ3n) is 2.76. The molecule has 0 saturated carbocycles. The van der Waals surface area contributed by atoms with Gasteiger partial charge in [0.2, 0.25) is 0 Å². The third-order valence-corrected chi connectivity index (χ3v) is 2.76. The molecule has 2 aliphatic heterocycles. The summed E-state index contributed by atoms with van der Waals surface area (Å²) in [7, 11) is 0. The van der Waals surface area contributed by atoms with E-state index in [-0.39, 0.29) is 12.2 Å². The van der Waals surface area contributed by atoms with Crippen molar-refractivity contribution in [2.24, 2.45) is 9.98 Å². The van der Waals surface area contributed by atoms with Crippen molar-refractivity contribution in [3.8, 4) is 0 Å². The fourth-order valence-corrected chi connectivity index (χ4v) is 1.90. The summed E-state index contributed by atoms with van der Waals surface area (Å²) in [5, 5.41) is 0. The topological polar surface area (TPSA) is 43.2 Å². The number of hydrogen-bond donors (Lipinski definition) is 0. The Morgan fingerprint density at radius 2 is 1.38 bits per heavy atom. The SMILES string of the molecule is CC1CN=C(CCCCC2=NCC(C)O2)O1. The average molecular weight is 224 g/mol. The minimum absolute atomic E-state index is 0.276. The minimum atomic E-state index is 0.276. The second kappa shape index (κ2) is 5.32. The Bertz CT molecular complexity index is 269. The number of unbranched alkanes of at least 4 members (excludes halogenated alkanes) is 1. The first-order valence-corrected chi connectivity index (χ1v) is 6.14. The van der Waals surface area contributed by atoms with Crippen LogP contribution in [0.25, 0.3) is 0 Å². The van der Waals surface area contributed by atoms with Crippen LogP contribution in [0.1, 0.15) is 39.5 Å². The summed E-state index contributed by atoms with van der Waals surface area (Å²) in [6.07, 6.45) is 4.65. The quantitative estimate of drug-likeness (QED) is 0.672. The van der Waals surface area contributed by atoms with E-state index >= 15 is 0 Å². The van der Waals surface area contributed by atoms with Gasteiger partial charge in [-0.1, -0.05) is 0 Å². The molecule has 2 aliphatic rings. The van der Waals surface area contributed by atoms with E-state index in [2.05, 4.69) is 23.8 Å². The van der Waals surface area contributed by atoms with Gasteiger partial charge in [0.15, 0.2) is 11.8 Å². The predicted octanol–water partition coefficient (Wildman–Crippen LogP) is 2.18. The molecule has 0 aromatic rings. The molecule has 0 aliphatic carbocycles. The fraction of sp³-hybridized carbons (Fsp3) is 0.833. The monoisotopic (exact) mass is 224 g/mol. The van der Waals surface area contributed by atoms with Crippen LogP contribution < -0.4 is 0 Å².